The SMILES string of the molecule is CC(C)(CC(C)(C)NC(=O)COc1ccc(/C=C/C2=NC(=C\c3ccc(-c4cccs4)n3B(F)F)/C=C2)cc1)NC[C@H](O)COc1cccc2[nH]c(=O)[nH]c12. The Hall–Kier alpha value is -5.51. The molecule has 15 heteroatoms. The summed E-state index contributed by atoms with van der Waals surface area (Å²) in [5, 5.41) is 18.8. The number of halogens is 2. The molecule has 0 bridgehead atoms. The standard InChI is InChI=1S/C40H43BF2N6O5S/c1-39(2,44-22-30(50)23-54-34-8-5-7-32-37(34)47-38(52)46-32)25-40(3,4)48-36(51)24-53-31-17-11-26(12-18-31)10-13-27-14-15-28(45-27)21-29-16-19-33(49(29)41(42)43)35-9-6-20-55-35/h5-21,30,44,50H,22-25H2,1-4H3,(H,48,51)(H2,46,47,52)/b13-10+,28-21-/t30-/m0/s1. The van der Waals surface area contributed by atoms with Gasteiger partial charge in [-0.15, -0.1) is 11.3 Å². The molecule has 0 fully saturated rings. The fourth-order valence-corrected chi connectivity index (χ4v) is 7.31. The lowest BCUT2D eigenvalue weighted by molar-refractivity contribution is -0.124. The monoisotopic (exact) mass is 768 g/mol. The summed E-state index contributed by atoms with van der Waals surface area (Å²) in [4.78, 5) is 35.2. The zero-order valence-electron chi connectivity index (χ0n) is 30.9. The highest BCUT2D eigenvalue weighted by atomic mass is 32.1. The van der Waals surface area contributed by atoms with E-state index in [4.69, 9.17) is 9.47 Å². The second-order valence-corrected chi connectivity index (χ2v) is 15.4. The molecule has 0 aliphatic carbocycles. The van der Waals surface area contributed by atoms with Crippen LogP contribution in [0.2, 0.25) is 0 Å². The maximum atomic E-state index is 14.0. The molecule has 55 heavy (non-hydrogen) atoms. The van der Waals surface area contributed by atoms with Crippen LogP contribution in [0, 0.1) is 0 Å². The average Bonchev–Trinajstić information content (AvgIpc) is 3.95. The van der Waals surface area contributed by atoms with Crippen LogP contribution >= 0.6 is 11.3 Å². The van der Waals surface area contributed by atoms with E-state index < -0.39 is 24.6 Å². The molecule has 1 amide bonds. The number of aliphatic imine (C=N–C) groups is 1. The normalized spacial score (nSPS) is 14.5. The first-order valence-electron chi connectivity index (χ1n) is 17.7. The summed E-state index contributed by atoms with van der Waals surface area (Å²) in [5.41, 5.74) is 2.80. The highest BCUT2D eigenvalue weighted by Crippen LogP contribution is 2.30. The third-order valence-electron chi connectivity index (χ3n) is 8.72. The van der Waals surface area contributed by atoms with Gasteiger partial charge in [0, 0.05) is 28.2 Å². The summed E-state index contributed by atoms with van der Waals surface area (Å²) in [6, 6.07) is 19.6. The predicted octanol–water partition coefficient (Wildman–Crippen LogP) is 6.70. The number of aliphatic hydroxyl groups excluding tert-OH is 1. The first-order valence-corrected chi connectivity index (χ1v) is 18.6. The molecule has 0 spiro atoms. The van der Waals surface area contributed by atoms with Gasteiger partial charge < -0.3 is 39.7 Å². The number of carbonyl (C=O) groups is 1. The van der Waals surface area contributed by atoms with Gasteiger partial charge in [0.25, 0.3) is 5.91 Å². The average molecular weight is 769 g/mol. The fourth-order valence-electron chi connectivity index (χ4n) is 6.57. The van der Waals surface area contributed by atoms with E-state index in [-0.39, 0.29) is 31.4 Å². The van der Waals surface area contributed by atoms with E-state index in [0.29, 0.717) is 51.7 Å². The fraction of sp³-hybridized carbons (Fsp3) is 0.275. The Bertz CT molecular complexity index is 2290. The largest absolute Gasteiger partial charge is 0.678 e. The van der Waals surface area contributed by atoms with Crippen molar-refractivity contribution in [2.24, 2.45) is 4.99 Å². The number of hydrogen-bond acceptors (Lipinski definition) is 8. The number of nitrogens with one attached hydrogen (secondary N) is 4. The molecule has 1 aliphatic rings. The lowest BCUT2D eigenvalue weighted by atomic mass is 9.86. The minimum absolute atomic E-state index is 0.0240. The minimum atomic E-state index is -2.68. The third-order valence-corrected chi connectivity index (χ3v) is 9.61. The van der Waals surface area contributed by atoms with E-state index in [1.54, 1.807) is 54.6 Å². The van der Waals surface area contributed by atoms with Crippen LogP contribution in [-0.2, 0) is 4.79 Å². The van der Waals surface area contributed by atoms with Crippen molar-refractivity contribution < 1.29 is 28.0 Å². The van der Waals surface area contributed by atoms with Crippen molar-refractivity contribution in [3.8, 4) is 22.1 Å². The lowest BCUT2D eigenvalue weighted by Crippen LogP contribution is -2.54. The van der Waals surface area contributed by atoms with Crippen molar-refractivity contribution in [3.05, 3.63) is 118 Å². The molecule has 4 heterocycles. The van der Waals surface area contributed by atoms with Gasteiger partial charge in [-0.25, -0.2) is 9.79 Å². The maximum Gasteiger partial charge on any atom is 0.678 e. The smallest absolute Gasteiger partial charge is 0.489 e. The van der Waals surface area contributed by atoms with Gasteiger partial charge in [0.2, 0.25) is 0 Å². The molecule has 1 atom stereocenters. The zero-order valence-corrected chi connectivity index (χ0v) is 31.8. The molecule has 3 aromatic heterocycles. The van der Waals surface area contributed by atoms with Gasteiger partial charge in [0.15, 0.2) is 6.61 Å². The highest BCUT2D eigenvalue weighted by Gasteiger charge is 2.30. The van der Waals surface area contributed by atoms with Gasteiger partial charge in [-0.1, -0.05) is 30.3 Å². The Balaban J connectivity index is 0.935. The molecule has 5 aromatic rings. The molecule has 0 saturated carbocycles. The Morgan fingerprint density at radius 1 is 1.00 bits per heavy atom. The number of allylic oxidation sites excluding steroid dienone is 3. The van der Waals surface area contributed by atoms with E-state index in [0.717, 1.165) is 14.9 Å². The number of carbonyl (C=O) groups excluding carboxylic acids is 1. The lowest BCUT2D eigenvalue weighted by Gasteiger charge is -2.37. The molecule has 6 rings (SSSR count). The summed E-state index contributed by atoms with van der Waals surface area (Å²) in [7, 11) is -2.68. The Labute approximate surface area is 321 Å². The van der Waals surface area contributed by atoms with Gasteiger partial charge in [-0.3, -0.25) is 13.4 Å². The van der Waals surface area contributed by atoms with Gasteiger partial charge in [0.05, 0.1) is 22.6 Å². The number of aromatic amines is 2. The summed E-state index contributed by atoms with van der Waals surface area (Å²) in [6.07, 6.45) is 8.72. The van der Waals surface area contributed by atoms with Crippen LogP contribution in [0.5, 0.6) is 11.5 Å². The molecule has 5 N–H and O–H groups in total. The Kier molecular flexibility index (Phi) is 12.0. The van der Waals surface area contributed by atoms with E-state index in [9.17, 15) is 23.3 Å². The number of hydrogen-bond donors (Lipinski definition) is 5. The Morgan fingerprint density at radius 2 is 1.80 bits per heavy atom. The molecule has 0 radical (unpaired) electrons. The Morgan fingerprint density at radius 3 is 2.55 bits per heavy atom. The second-order valence-electron chi connectivity index (χ2n) is 14.5. The van der Waals surface area contributed by atoms with Gasteiger partial charge in [-0.2, -0.15) is 0 Å². The van der Waals surface area contributed by atoms with Crippen LogP contribution < -0.4 is 25.8 Å². The van der Waals surface area contributed by atoms with Crippen LogP contribution in [0.15, 0.2) is 106 Å². The molecule has 0 unspecified atom stereocenters. The van der Waals surface area contributed by atoms with Gasteiger partial charge in [-0.05, 0) is 112 Å². The molecule has 286 valence electrons. The topological polar surface area (TPSA) is 146 Å². The summed E-state index contributed by atoms with van der Waals surface area (Å²) in [6.45, 7) is 7.96. The van der Waals surface area contributed by atoms with Crippen molar-refractivity contribution in [1.82, 2.24) is 25.1 Å². The number of thiophene rings is 1. The first-order chi connectivity index (χ1) is 26.2. The third kappa shape index (κ3) is 10.6. The van der Waals surface area contributed by atoms with E-state index in [2.05, 4.69) is 25.6 Å². The first kappa shape index (κ1) is 39.2. The number of amides is 1. The van der Waals surface area contributed by atoms with Crippen molar-refractivity contribution in [2.45, 2.75) is 51.3 Å². The molecule has 1 aliphatic heterocycles. The number of benzene rings is 2. The second kappa shape index (κ2) is 16.9. The number of fused-ring (bicyclic) bond motifs is 1. The van der Waals surface area contributed by atoms with Gasteiger partial charge in [0.1, 0.15) is 29.7 Å². The minimum Gasteiger partial charge on any atom is -0.489 e. The quantitative estimate of drug-likeness (QED) is 0.0667. The number of aromatic nitrogens is 3. The molecule has 2 aromatic carbocycles. The van der Waals surface area contributed by atoms with Gasteiger partial charge >= 0.3 is 13.1 Å². The van der Waals surface area contributed by atoms with Crippen LogP contribution in [0.4, 0.5) is 8.63 Å². The van der Waals surface area contributed by atoms with Crippen LogP contribution in [0.1, 0.15) is 45.4 Å². The van der Waals surface area contributed by atoms with Crippen molar-refractivity contribution in [1.29, 1.82) is 0 Å². The van der Waals surface area contributed by atoms with Crippen molar-refractivity contribution in [3.63, 3.8) is 0 Å². The molecule has 0 saturated heterocycles. The number of H-pyrrole nitrogens is 2. The summed E-state index contributed by atoms with van der Waals surface area (Å²) < 4.78 is 40.5. The number of nitrogens with zero attached hydrogens (tertiary/aromatic N) is 2. The molecular formula is C40H43BF2N6O5S. The predicted molar refractivity (Wildman–Crippen MR) is 216 cm³/mol. The van der Waals surface area contributed by atoms with E-state index >= 15 is 0 Å². The van der Waals surface area contributed by atoms with Crippen LogP contribution in [0.3, 0.4) is 0 Å². The maximum absolute atomic E-state index is 14.0. The summed E-state index contributed by atoms with van der Waals surface area (Å²) in [5.74, 6) is 0.737. The molecular weight excluding hydrogens is 725 g/mol. The number of β-amino-alcohol motifs (C(OH)–C–C–N with tert-alkyl or cyclic N) is 1. The number of aliphatic hydroxyl groups is 1. The van der Waals surface area contributed by atoms with E-state index in [1.807, 2.05) is 75.6 Å². The highest BCUT2D eigenvalue weighted by molar-refractivity contribution is 7.13. The number of para-hydroxylation sites is 1. The number of imidazole rings is 1. The molecule has 11 nitrogen and oxygen atoms in total. The van der Waals surface area contributed by atoms with Crippen molar-refractivity contribution in [2.75, 3.05) is 19.8 Å². The summed E-state index contributed by atoms with van der Waals surface area (Å²) >= 11 is 1.41. The van der Waals surface area contributed by atoms with Crippen molar-refractivity contribution >= 4 is 53.5 Å². The van der Waals surface area contributed by atoms with Crippen LogP contribution in [-0.4, -0.2) is 75.5 Å². The van der Waals surface area contributed by atoms with Crippen LogP contribution in [0.25, 0.3) is 33.8 Å². The van der Waals surface area contributed by atoms with E-state index in [1.165, 1.54) is 11.3 Å². The number of ether oxygens (including phenoxy) is 2. The zero-order chi connectivity index (χ0) is 39.2. The number of rotatable bonds is 17.